The fraction of sp³-hybridized carbons (Fsp3) is 0. The lowest BCUT2D eigenvalue weighted by Gasteiger charge is -1.39. The standard InChI is InChI=1S/BH3O2S/c1-4(2)3/h4H,1H2/i4D. The van der Waals surface area contributed by atoms with Crippen LogP contribution in [0.3, 0.4) is 0 Å². The van der Waals surface area contributed by atoms with Gasteiger partial charge in [0.25, 0.3) is 7.12 Å². The molecule has 2 nitrogen and oxygen atoms in total. The SMILES string of the molecule is [2H]S(B)(=O)=O. The first-order valence-corrected chi connectivity index (χ1v) is 2.22. The van der Waals surface area contributed by atoms with Crippen LogP contribution in [0.1, 0.15) is 0 Å². The van der Waals surface area contributed by atoms with E-state index in [2.05, 4.69) is 0 Å². The molecule has 0 fully saturated rings. The van der Waals surface area contributed by atoms with E-state index in [1.165, 1.54) is 0 Å². The molecule has 0 aromatic heterocycles. The van der Waals surface area contributed by atoms with Crippen molar-refractivity contribution in [3.63, 3.8) is 0 Å². The first kappa shape index (κ1) is 2.26. The van der Waals surface area contributed by atoms with E-state index in [1.54, 1.807) is 0 Å². The lowest BCUT2D eigenvalue weighted by atomic mass is 10.8. The third kappa shape index (κ3) is 9310. The smallest absolute Gasteiger partial charge is 0.245 e. The van der Waals surface area contributed by atoms with Crippen molar-refractivity contribution in [1.82, 2.24) is 0 Å². The van der Waals surface area contributed by atoms with Crippen LogP contribution in [-0.2, 0) is 10.5 Å². The molecule has 0 aliphatic heterocycles. The quantitative estimate of drug-likeness (QED) is 0.273. The van der Waals surface area contributed by atoms with Crippen LogP contribution in [0.2, 0.25) is 0 Å². The molecule has 0 aliphatic carbocycles. The van der Waals surface area contributed by atoms with E-state index in [4.69, 9.17) is 1.12 Å². The summed E-state index contributed by atoms with van der Waals surface area (Å²) < 4.78 is 24.5. The number of rotatable bonds is 0. The summed E-state index contributed by atoms with van der Waals surface area (Å²) in [5.74, 6) is 0. The fourth-order valence-electron chi connectivity index (χ4n) is 0. The van der Waals surface area contributed by atoms with Crippen molar-refractivity contribution < 1.29 is 8.42 Å². The second-order valence-electron chi connectivity index (χ2n) is 0.401. The number of hydrogen-bond acceptors (Lipinski definition) is 2. The highest BCUT2D eigenvalue weighted by atomic mass is 32.2. The van der Waals surface area contributed by atoms with Crippen molar-refractivity contribution in [2.24, 2.45) is 0 Å². The molecule has 0 aliphatic rings. The Morgan fingerprint density at radius 3 is 2.00 bits per heavy atom. The maximum absolute atomic E-state index is 9.30. The molecule has 0 aromatic rings. The van der Waals surface area contributed by atoms with E-state index in [9.17, 15) is 8.42 Å². The minimum absolute atomic E-state index is 0.826. The monoisotopic (exact) mass is 79.0 g/mol. The van der Waals surface area contributed by atoms with Crippen LogP contribution >= 0.6 is 0 Å². The highest BCUT2D eigenvalue weighted by Gasteiger charge is 1.48. The summed E-state index contributed by atoms with van der Waals surface area (Å²) in [6.07, 6.45) is 0. The summed E-state index contributed by atoms with van der Waals surface area (Å²) in [4.78, 5) is 0. The molecule has 4 heteroatoms. The molecule has 4 heavy (non-hydrogen) atoms. The predicted octanol–water partition coefficient (Wildman–Crippen LogP) is -1.85. The first-order chi connectivity index (χ1) is 2.00. The minimum Gasteiger partial charge on any atom is -0.245 e. The van der Waals surface area contributed by atoms with Crippen molar-refractivity contribution in [1.29, 1.82) is 1.12 Å². The third-order valence-electron chi connectivity index (χ3n) is 0. The van der Waals surface area contributed by atoms with Crippen molar-refractivity contribution in [3.05, 3.63) is 0 Å². The molecule has 24 valence electrons. The van der Waals surface area contributed by atoms with Gasteiger partial charge in [0, 0.05) is 0 Å². The van der Waals surface area contributed by atoms with E-state index < -0.39 is 10.5 Å². The van der Waals surface area contributed by atoms with Crippen LogP contribution in [0.5, 0.6) is 0 Å². The maximum Gasteiger partial charge on any atom is 0.252 e. The van der Waals surface area contributed by atoms with E-state index >= 15 is 0 Å². The van der Waals surface area contributed by atoms with Gasteiger partial charge in [-0.05, 0) is 0 Å². The molecule has 0 bridgehead atoms. The Morgan fingerprint density at radius 2 is 2.00 bits per heavy atom. The van der Waals surface area contributed by atoms with Crippen LogP contribution in [-0.4, -0.2) is 16.7 Å². The lowest BCUT2D eigenvalue weighted by molar-refractivity contribution is 0.626. The van der Waals surface area contributed by atoms with Crippen LogP contribution in [0.4, 0.5) is 0 Å². The summed E-state index contributed by atoms with van der Waals surface area (Å²) in [5, 5.41) is 0. The molecule has 0 saturated carbocycles. The van der Waals surface area contributed by atoms with Crippen molar-refractivity contribution in [2.75, 3.05) is 0 Å². The summed E-state index contributed by atoms with van der Waals surface area (Å²) in [6.45, 7) is 0. The fourth-order valence-corrected chi connectivity index (χ4v) is 0. The third-order valence-corrected chi connectivity index (χ3v) is 0. The highest BCUT2D eigenvalue weighted by molar-refractivity contribution is 7.96. The van der Waals surface area contributed by atoms with Crippen molar-refractivity contribution in [2.45, 2.75) is 0 Å². The highest BCUT2D eigenvalue weighted by Crippen LogP contribution is 1.25. The van der Waals surface area contributed by atoms with Gasteiger partial charge in [0.15, 0.2) is 1.12 Å². The second kappa shape index (κ2) is 1.35. The number of hydrogen-bond donors (Lipinski definition) is 1. The van der Waals surface area contributed by atoms with E-state index in [0.717, 1.165) is 7.12 Å². The molecule has 0 saturated heterocycles. The zero-order valence-corrected chi connectivity index (χ0v) is 3.04. The zero-order chi connectivity index (χ0) is 4.50. The van der Waals surface area contributed by atoms with Gasteiger partial charge < -0.3 is 0 Å². The van der Waals surface area contributed by atoms with Crippen LogP contribution in [0, 0.1) is 0 Å². The van der Waals surface area contributed by atoms with Gasteiger partial charge in [-0.1, -0.05) is 0 Å². The van der Waals surface area contributed by atoms with Crippen LogP contribution in [0.25, 0.3) is 0 Å². The predicted molar refractivity (Wildman–Crippen MR) is 18.9 cm³/mol. The molecule has 0 unspecified atom stereocenters. The number of thiol groups is 1. The Hall–Kier alpha value is 0.0149. The largest absolute Gasteiger partial charge is 0.252 e. The normalized spacial score (nSPS) is 14.5. The van der Waals surface area contributed by atoms with E-state index in [0.29, 0.717) is 0 Å². The Labute approximate surface area is 28.2 Å². The average Bonchev–Trinajstić information content (AvgIpc) is 0.722. The van der Waals surface area contributed by atoms with Gasteiger partial charge in [0.05, 0.1) is 10.5 Å². The maximum atomic E-state index is 9.30. The molecule has 0 N–H and O–H groups in total. The minimum atomic E-state index is -3.42. The Kier molecular flexibility index (Phi) is 0.762. The molecule has 0 rings (SSSR count). The van der Waals surface area contributed by atoms with Gasteiger partial charge in [-0.15, -0.1) is 0 Å². The Balaban J connectivity index is 4.06. The van der Waals surface area contributed by atoms with Crippen LogP contribution in [0.15, 0.2) is 0 Å². The second-order valence-corrected chi connectivity index (χ2v) is 1.20. The molecule has 0 atom stereocenters. The zero-order valence-electron chi connectivity index (χ0n) is 3.22. The molecule has 0 spiro atoms. The van der Waals surface area contributed by atoms with E-state index in [-0.39, 0.29) is 0 Å². The lowest BCUT2D eigenvalue weighted by Crippen LogP contribution is -1.60. The topological polar surface area (TPSA) is 34.1 Å². The molecule has 0 heterocycles. The molecule has 0 amide bonds. The average molecular weight is 78.9 g/mol. The van der Waals surface area contributed by atoms with Crippen LogP contribution < -0.4 is 0 Å². The Morgan fingerprint density at radius 1 is 2.00 bits per heavy atom. The molecular weight excluding hydrogens is 74.9 g/mol. The van der Waals surface area contributed by atoms with Gasteiger partial charge in [0.1, 0.15) is 0 Å². The summed E-state index contributed by atoms with van der Waals surface area (Å²) in [5.41, 5.74) is 0. The summed E-state index contributed by atoms with van der Waals surface area (Å²) in [7, 11) is -2.59. The van der Waals surface area contributed by atoms with Gasteiger partial charge >= 0.3 is 0 Å². The van der Waals surface area contributed by atoms with Crippen molar-refractivity contribution in [3.8, 4) is 0 Å². The van der Waals surface area contributed by atoms with Gasteiger partial charge in [0.2, 0.25) is 0 Å². The van der Waals surface area contributed by atoms with Gasteiger partial charge in [-0.3, -0.25) is 0 Å². The molecule has 0 radical (unpaired) electrons. The van der Waals surface area contributed by atoms with Crippen molar-refractivity contribution >= 4 is 17.6 Å². The molecule has 0 aromatic carbocycles. The van der Waals surface area contributed by atoms with Gasteiger partial charge in [-0.2, -0.15) is 0 Å². The van der Waals surface area contributed by atoms with Gasteiger partial charge in [-0.25, -0.2) is 8.42 Å². The molecular formula is H3BO2S. The summed E-state index contributed by atoms with van der Waals surface area (Å²) in [6, 6.07) is 0. The summed E-state index contributed by atoms with van der Waals surface area (Å²) >= 11 is 0. The van der Waals surface area contributed by atoms with E-state index in [1.807, 2.05) is 0 Å². The first-order valence-electron chi connectivity index (χ1n) is 1.15. The Bertz CT molecular complexity index is 92.8.